The number of hydrazine groups is 1. The Labute approximate surface area is 210 Å². The van der Waals surface area contributed by atoms with Crippen LogP contribution >= 0.6 is 23.5 Å². The van der Waals surface area contributed by atoms with Gasteiger partial charge >= 0.3 is 6.03 Å². The Hall–Kier alpha value is -2.17. The minimum absolute atomic E-state index is 0.00329. The molecule has 3 heterocycles. The highest BCUT2D eigenvalue weighted by molar-refractivity contribution is 8.03. The minimum Gasteiger partial charge on any atom is -0.337 e. The van der Waals surface area contributed by atoms with E-state index in [1.54, 1.807) is 33.7 Å². The molecule has 2 fully saturated rings. The van der Waals surface area contributed by atoms with Crippen molar-refractivity contribution in [1.82, 2.24) is 25.1 Å². The van der Waals surface area contributed by atoms with Crippen molar-refractivity contribution in [2.24, 2.45) is 0 Å². The summed E-state index contributed by atoms with van der Waals surface area (Å²) >= 11 is 3.51. The Kier molecular flexibility index (Phi) is 8.44. The number of hydrogen-bond donors (Lipinski definition) is 1. The molecule has 34 heavy (non-hydrogen) atoms. The van der Waals surface area contributed by atoms with E-state index >= 15 is 0 Å². The molecular weight excluding hydrogens is 470 g/mol. The lowest BCUT2D eigenvalue weighted by Crippen LogP contribution is -2.76. The van der Waals surface area contributed by atoms with E-state index in [9.17, 15) is 14.4 Å². The van der Waals surface area contributed by atoms with Gasteiger partial charge in [0.05, 0.1) is 13.1 Å². The van der Waals surface area contributed by atoms with Crippen molar-refractivity contribution in [1.29, 1.82) is 0 Å². The van der Waals surface area contributed by atoms with Crippen molar-refractivity contribution in [2.45, 2.75) is 38.0 Å². The van der Waals surface area contributed by atoms with Gasteiger partial charge in [0.25, 0.3) is 0 Å². The van der Waals surface area contributed by atoms with Crippen LogP contribution in [0.2, 0.25) is 0 Å². The first kappa shape index (κ1) is 24.9. The zero-order chi connectivity index (χ0) is 24.1. The Morgan fingerprint density at radius 1 is 1.24 bits per heavy atom. The number of carbonyl (C=O) groups is 3. The van der Waals surface area contributed by atoms with E-state index in [1.807, 2.05) is 53.2 Å². The molecule has 0 saturated carbocycles. The molecule has 0 spiro atoms. The Bertz CT molecular complexity index is 928. The van der Waals surface area contributed by atoms with Crippen LogP contribution in [0.4, 0.5) is 4.79 Å². The smallest absolute Gasteiger partial charge is 0.334 e. The van der Waals surface area contributed by atoms with Crippen molar-refractivity contribution in [3.63, 3.8) is 0 Å². The number of amides is 4. The monoisotopic (exact) mass is 503 g/mol. The van der Waals surface area contributed by atoms with Crippen LogP contribution in [-0.4, -0.2) is 94.3 Å². The number of thioether (sulfide) groups is 2. The molecule has 2 saturated heterocycles. The highest BCUT2D eigenvalue weighted by Crippen LogP contribution is 2.31. The van der Waals surface area contributed by atoms with E-state index in [1.165, 1.54) is 4.91 Å². The number of likely N-dealkylation sites (N-methyl/N-ethyl adjacent to an activating group) is 1. The topological polar surface area (TPSA) is 76.2 Å². The van der Waals surface area contributed by atoms with Gasteiger partial charge in [0.2, 0.25) is 11.8 Å². The van der Waals surface area contributed by atoms with Gasteiger partial charge in [-0.05, 0) is 41.7 Å². The maximum absolute atomic E-state index is 13.5. The van der Waals surface area contributed by atoms with Crippen molar-refractivity contribution < 1.29 is 14.4 Å². The molecule has 184 valence electrons. The highest BCUT2D eigenvalue weighted by Gasteiger charge is 2.50. The number of benzene rings is 1. The van der Waals surface area contributed by atoms with E-state index in [0.717, 1.165) is 29.9 Å². The predicted molar refractivity (Wildman–Crippen MR) is 137 cm³/mol. The Balaban J connectivity index is 1.54. The summed E-state index contributed by atoms with van der Waals surface area (Å²) in [6, 6.07) is 8.94. The van der Waals surface area contributed by atoms with Crippen LogP contribution in [0.5, 0.6) is 0 Å². The summed E-state index contributed by atoms with van der Waals surface area (Å²) in [6.45, 7) is 1.40. The molecule has 4 rings (SSSR count). The third-order valence-corrected chi connectivity index (χ3v) is 8.26. The van der Waals surface area contributed by atoms with E-state index in [-0.39, 0.29) is 24.4 Å². The quantitative estimate of drug-likeness (QED) is 0.588. The fourth-order valence-corrected chi connectivity index (χ4v) is 6.18. The molecule has 1 N–H and O–H groups in total. The minimum atomic E-state index is -0.540. The van der Waals surface area contributed by atoms with Gasteiger partial charge in [-0.15, -0.1) is 11.8 Å². The average Bonchev–Trinajstić information content (AvgIpc) is 3.35. The molecule has 3 aliphatic rings. The van der Waals surface area contributed by atoms with Gasteiger partial charge in [-0.2, -0.15) is 11.8 Å². The van der Waals surface area contributed by atoms with Crippen LogP contribution in [0.15, 0.2) is 41.3 Å². The number of carbonyl (C=O) groups excluding carboxylic acids is 3. The van der Waals surface area contributed by atoms with Crippen LogP contribution in [0.1, 0.15) is 24.8 Å². The molecule has 2 atom stereocenters. The standard InChI is InChI=1S/C24H33N5O3S2/c1-26-17-22(30)28-20(11-14-33-2)23(31)27(12-10-19-9-6-13-34-19)16-21(28)29(26)24(32)25-15-18-7-4-3-5-8-18/h3-5,7-9,20-21H,6,10-17H2,1-2H3,(H,25,32)/t20-,21-/m0/s1. The second-order valence-corrected chi connectivity index (χ2v) is 10.9. The van der Waals surface area contributed by atoms with Gasteiger partial charge in [-0.25, -0.2) is 14.8 Å². The van der Waals surface area contributed by atoms with E-state index in [4.69, 9.17) is 0 Å². The molecule has 8 nitrogen and oxygen atoms in total. The normalized spacial score (nSPS) is 23.2. The van der Waals surface area contributed by atoms with Gasteiger partial charge in [0.1, 0.15) is 12.2 Å². The fraction of sp³-hybridized carbons (Fsp3) is 0.542. The van der Waals surface area contributed by atoms with Crippen molar-refractivity contribution in [3.8, 4) is 0 Å². The number of hydrogen-bond acceptors (Lipinski definition) is 6. The van der Waals surface area contributed by atoms with Crippen molar-refractivity contribution in [2.75, 3.05) is 44.4 Å². The van der Waals surface area contributed by atoms with Crippen molar-refractivity contribution in [3.05, 3.63) is 46.9 Å². The lowest BCUT2D eigenvalue weighted by molar-refractivity contribution is -0.187. The Morgan fingerprint density at radius 2 is 2.03 bits per heavy atom. The van der Waals surface area contributed by atoms with Crippen LogP contribution in [0, 0.1) is 0 Å². The first-order valence-corrected chi connectivity index (χ1v) is 14.1. The van der Waals surface area contributed by atoms with Gasteiger partial charge in [0.15, 0.2) is 0 Å². The van der Waals surface area contributed by atoms with Crippen LogP contribution in [0.25, 0.3) is 0 Å². The first-order chi connectivity index (χ1) is 16.5. The molecule has 1 aromatic carbocycles. The van der Waals surface area contributed by atoms with Crippen LogP contribution in [-0.2, 0) is 16.1 Å². The number of urea groups is 1. The number of nitrogens with zero attached hydrogens (tertiary/aromatic N) is 4. The van der Waals surface area contributed by atoms with E-state index in [2.05, 4.69) is 11.4 Å². The van der Waals surface area contributed by atoms with Crippen LogP contribution < -0.4 is 5.32 Å². The molecular formula is C24H33N5O3S2. The van der Waals surface area contributed by atoms with E-state index < -0.39 is 12.2 Å². The lowest BCUT2D eigenvalue weighted by atomic mass is 10.0. The Morgan fingerprint density at radius 3 is 2.74 bits per heavy atom. The highest BCUT2D eigenvalue weighted by atomic mass is 32.2. The zero-order valence-corrected chi connectivity index (χ0v) is 21.4. The van der Waals surface area contributed by atoms with Gasteiger partial charge < -0.3 is 15.1 Å². The number of fused-ring (bicyclic) bond motifs is 1. The maximum atomic E-state index is 13.5. The summed E-state index contributed by atoms with van der Waals surface area (Å²) in [6.07, 6.45) is 6.22. The molecule has 0 unspecified atom stereocenters. The van der Waals surface area contributed by atoms with Gasteiger partial charge in [0, 0.05) is 25.9 Å². The summed E-state index contributed by atoms with van der Waals surface area (Å²) in [7, 11) is 1.76. The molecule has 0 aliphatic carbocycles. The molecule has 1 aromatic rings. The molecule has 0 radical (unpaired) electrons. The maximum Gasteiger partial charge on any atom is 0.334 e. The number of nitrogens with one attached hydrogen (secondary N) is 1. The third-order valence-electron chi connectivity index (χ3n) is 6.44. The van der Waals surface area contributed by atoms with Crippen molar-refractivity contribution >= 4 is 41.4 Å². The van der Waals surface area contributed by atoms with Gasteiger partial charge in [-0.1, -0.05) is 36.4 Å². The molecule has 10 heteroatoms. The zero-order valence-electron chi connectivity index (χ0n) is 19.8. The second-order valence-electron chi connectivity index (χ2n) is 8.73. The number of allylic oxidation sites excluding steroid dienone is 1. The SMILES string of the molecule is CSCC[C@H]1C(=O)N(CCC2=CCCS2)C[C@H]2N1C(=O)CN(C)N2C(=O)NCc1ccccc1. The lowest BCUT2D eigenvalue weighted by Gasteiger charge is -2.54. The van der Waals surface area contributed by atoms with Crippen LogP contribution in [0.3, 0.4) is 0 Å². The number of piperazine rings is 1. The summed E-state index contributed by atoms with van der Waals surface area (Å²) in [5.74, 6) is 1.77. The third kappa shape index (κ3) is 5.55. The fourth-order valence-electron chi connectivity index (χ4n) is 4.76. The largest absolute Gasteiger partial charge is 0.337 e. The second kappa shape index (κ2) is 11.5. The average molecular weight is 504 g/mol. The summed E-state index contributed by atoms with van der Waals surface area (Å²) < 4.78 is 0. The molecule has 3 aliphatic heterocycles. The summed E-state index contributed by atoms with van der Waals surface area (Å²) in [5.41, 5.74) is 1.00. The molecule has 4 amide bonds. The number of rotatable bonds is 8. The predicted octanol–water partition coefficient (Wildman–Crippen LogP) is 2.59. The molecule has 0 bridgehead atoms. The van der Waals surface area contributed by atoms with Gasteiger partial charge in [-0.3, -0.25) is 9.59 Å². The summed E-state index contributed by atoms with van der Waals surface area (Å²) in [5, 5.41) is 6.30. The molecule has 0 aromatic heterocycles. The van der Waals surface area contributed by atoms with E-state index in [0.29, 0.717) is 26.1 Å². The summed E-state index contributed by atoms with van der Waals surface area (Å²) in [4.78, 5) is 44.8. The first-order valence-electron chi connectivity index (χ1n) is 11.7.